The molecule has 2 amide bonds. The summed E-state index contributed by atoms with van der Waals surface area (Å²) in [6, 6.07) is 1.51. The summed E-state index contributed by atoms with van der Waals surface area (Å²) in [5.74, 6) is 0.437. The van der Waals surface area contributed by atoms with E-state index >= 15 is 0 Å². The average molecular weight is 476 g/mol. The summed E-state index contributed by atoms with van der Waals surface area (Å²) in [4.78, 5) is 35.6. The topological polar surface area (TPSA) is 87.2 Å². The number of hydrogen-bond acceptors (Lipinski definition) is 6. The largest absolute Gasteiger partial charge is 0.375 e. The van der Waals surface area contributed by atoms with Gasteiger partial charge in [-0.1, -0.05) is 48.6 Å². The second-order valence-electron chi connectivity index (χ2n) is 8.89. The normalized spacial score (nSPS) is 18.2. The van der Waals surface area contributed by atoms with Crippen LogP contribution in [-0.4, -0.2) is 34.4 Å². The molecule has 0 saturated heterocycles. The molecule has 2 aromatic rings. The highest BCUT2D eigenvalue weighted by atomic mass is 35.5. The van der Waals surface area contributed by atoms with Crippen LogP contribution in [0.2, 0.25) is 5.02 Å². The van der Waals surface area contributed by atoms with E-state index in [-0.39, 0.29) is 18.0 Å². The Hall–Kier alpha value is -2.19. The number of pyridine rings is 1. The van der Waals surface area contributed by atoms with Gasteiger partial charge in [-0.3, -0.25) is 19.5 Å². The van der Waals surface area contributed by atoms with Crippen LogP contribution >= 0.6 is 22.9 Å². The molecule has 0 aliphatic heterocycles. The molecule has 172 valence electrons. The van der Waals surface area contributed by atoms with E-state index in [0.29, 0.717) is 22.4 Å². The van der Waals surface area contributed by atoms with E-state index in [2.05, 4.69) is 20.6 Å². The summed E-state index contributed by atoms with van der Waals surface area (Å²) in [6.45, 7) is 3.92. The minimum Gasteiger partial charge on any atom is -0.375 e. The third kappa shape index (κ3) is 5.59. The summed E-state index contributed by atoms with van der Waals surface area (Å²) in [5, 5.41) is 8.58. The number of carbonyl (C=O) groups is 2. The van der Waals surface area contributed by atoms with Crippen LogP contribution in [0, 0.1) is 12.8 Å². The van der Waals surface area contributed by atoms with Gasteiger partial charge in [-0.15, -0.1) is 0 Å². The predicted octanol–water partition coefficient (Wildman–Crippen LogP) is 4.86. The van der Waals surface area contributed by atoms with Crippen LogP contribution in [0.4, 0.5) is 10.7 Å². The molecule has 7 nitrogen and oxygen atoms in total. The second-order valence-corrected chi connectivity index (χ2v) is 10.4. The zero-order valence-corrected chi connectivity index (χ0v) is 20.1. The third-order valence-electron chi connectivity index (χ3n) is 6.27. The Kier molecular flexibility index (Phi) is 7.30. The fourth-order valence-corrected chi connectivity index (χ4v) is 5.35. The van der Waals surface area contributed by atoms with Crippen molar-refractivity contribution in [3.8, 4) is 0 Å². The molecule has 9 heteroatoms. The molecule has 0 spiro atoms. The first-order valence-corrected chi connectivity index (χ1v) is 12.5. The molecule has 2 aliphatic rings. The summed E-state index contributed by atoms with van der Waals surface area (Å²) in [6.07, 6.45) is 11.5. The van der Waals surface area contributed by atoms with Crippen LogP contribution in [-0.2, 0) is 9.59 Å². The molecule has 0 unspecified atom stereocenters. The van der Waals surface area contributed by atoms with E-state index in [1.54, 1.807) is 17.3 Å². The first-order valence-electron chi connectivity index (χ1n) is 11.3. The maximum absolute atomic E-state index is 13.0. The number of amides is 2. The Bertz CT molecular complexity index is 958. The molecule has 32 heavy (non-hydrogen) atoms. The monoisotopic (exact) mass is 475 g/mol. The van der Waals surface area contributed by atoms with Crippen molar-refractivity contribution < 1.29 is 9.59 Å². The molecule has 0 bridgehead atoms. The Labute approximate surface area is 198 Å². The van der Waals surface area contributed by atoms with Crippen LogP contribution in [0.15, 0.2) is 18.5 Å². The summed E-state index contributed by atoms with van der Waals surface area (Å²) in [7, 11) is 0. The highest BCUT2D eigenvalue weighted by Crippen LogP contribution is 2.35. The van der Waals surface area contributed by atoms with Crippen LogP contribution in [0.25, 0.3) is 0 Å². The number of rotatable bonds is 10. The lowest BCUT2D eigenvalue weighted by molar-refractivity contribution is -0.124. The van der Waals surface area contributed by atoms with Gasteiger partial charge in [0.05, 0.1) is 28.6 Å². The number of nitrogens with one attached hydrogen (secondary N) is 2. The lowest BCUT2D eigenvalue weighted by Crippen LogP contribution is -2.48. The van der Waals surface area contributed by atoms with Crippen LogP contribution in [0.5, 0.6) is 0 Å². The van der Waals surface area contributed by atoms with Crippen molar-refractivity contribution in [2.24, 2.45) is 5.92 Å². The molecule has 2 saturated carbocycles. The van der Waals surface area contributed by atoms with Gasteiger partial charge in [0.2, 0.25) is 12.3 Å². The number of hydrogen-bond donors (Lipinski definition) is 2. The van der Waals surface area contributed by atoms with Gasteiger partial charge < -0.3 is 10.6 Å². The number of halogens is 1. The van der Waals surface area contributed by atoms with E-state index in [1.165, 1.54) is 24.2 Å². The predicted molar refractivity (Wildman–Crippen MR) is 128 cm³/mol. The minimum atomic E-state index is -0.493. The molecule has 2 fully saturated rings. The number of nitrogens with zero attached hydrogens (tertiary/aromatic N) is 3. The zero-order chi connectivity index (χ0) is 22.7. The van der Waals surface area contributed by atoms with Crippen molar-refractivity contribution in [1.82, 2.24) is 15.3 Å². The summed E-state index contributed by atoms with van der Waals surface area (Å²) < 4.78 is 0. The van der Waals surface area contributed by atoms with Gasteiger partial charge in [-0.2, -0.15) is 0 Å². The van der Waals surface area contributed by atoms with Crippen LogP contribution < -0.4 is 15.5 Å². The fourth-order valence-electron chi connectivity index (χ4n) is 4.26. The molecule has 2 aliphatic carbocycles. The summed E-state index contributed by atoms with van der Waals surface area (Å²) in [5.41, 5.74) is 1.69. The highest BCUT2D eigenvalue weighted by molar-refractivity contribution is 7.16. The van der Waals surface area contributed by atoms with Gasteiger partial charge in [-0.25, -0.2) is 4.98 Å². The first-order chi connectivity index (χ1) is 15.4. The average Bonchev–Trinajstić information content (AvgIpc) is 3.23. The second kappa shape index (κ2) is 10.2. The molecule has 2 N–H and O–H groups in total. The van der Waals surface area contributed by atoms with Crippen LogP contribution in [0.1, 0.15) is 68.6 Å². The smallest absolute Gasteiger partial charge is 0.243 e. The molecule has 2 aromatic heterocycles. The van der Waals surface area contributed by atoms with Crippen molar-refractivity contribution >= 4 is 45.9 Å². The van der Waals surface area contributed by atoms with E-state index in [0.717, 1.165) is 48.5 Å². The number of carbonyl (C=O) groups excluding carboxylic acids is 2. The molecule has 2 heterocycles. The highest BCUT2D eigenvalue weighted by Gasteiger charge is 2.34. The van der Waals surface area contributed by atoms with Gasteiger partial charge in [0.25, 0.3) is 0 Å². The standard InChI is InChI=1S/C23H30ClN5O2S/c1-14-19(10-17(24)11-25-14)27-15(2)23-26-12-21(32-23)29(13-30)20(9-16-5-3-4-6-16)22(31)28-18-7-8-18/h10-13,15-16,18,20,27H,3-9H2,1-2H3,(H,28,31)/t15-,20-/m0/s1. The number of thiazole rings is 1. The van der Waals surface area contributed by atoms with Crippen molar-refractivity contribution in [1.29, 1.82) is 0 Å². The maximum Gasteiger partial charge on any atom is 0.243 e. The fraction of sp³-hybridized carbons (Fsp3) is 0.565. The Balaban J connectivity index is 1.51. The minimum absolute atomic E-state index is 0.0479. The molecule has 2 atom stereocenters. The van der Waals surface area contributed by atoms with Gasteiger partial charge in [0.15, 0.2) is 0 Å². The first kappa shape index (κ1) is 23.0. The third-order valence-corrected chi connectivity index (χ3v) is 7.67. The maximum atomic E-state index is 13.0. The molecule has 0 radical (unpaired) electrons. The van der Waals surface area contributed by atoms with Crippen molar-refractivity contribution in [3.63, 3.8) is 0 Å². The lowest BCUT2D eigenvalue weighted by atomic mass is 9.97. The number of aryl methyl sites for hydroxylation is 1. The lowest BCUT2D eigenvalue weighted by Gasteiger charge is -2.28. The van der Waals surface area contributed by atoms with Crippen molar-refractivity contribution in [2.45, 2.75) is 76.9 Å². The van der Waals surface area contributed by atoms with E-state index in [4.69, 9.17) is 11.6 Å². The Morgan fingerprint density at radius 1 is 1.28 bits per heavy atom. The number of anilines is 2. The van der Waals surface area contributed by atoms with Crippen molar-refractivity contribution in [2.75, 3.05) is 10.2 Å². The van der Waals surface area contributed by atoms with E-state index < -0.39 is 6.04 Å². The molecular weight excluding hydrogens is 446 g/mol. The van der Waals surface area contributed by atoms with Gasteiger partial charge in [-0.05, 0) is 45.1 Å². The van der Waals surface area contributed by atoms with Crippen molar-refractivity contribution in [3.05, 3.63) is 34.2 Å². The van der Waals surface area contributed by atoms with Gasteiger partial charge in [0.1, 0.15) is 16.1 Å². The molecule has 4 rings (SSSR count). The number of aromatic nitrogens is 2. The van der Waals surface area contributed by atoms with E-state index in [9.17, 15) is 9.59 Å². The van der Waals surface area contributed by atoms with E-state index in [1.807, 2.05) is 19.9 Å². The molecule has 0 aromatic carbocycles. The quantitative estimate of drug-likeness (QED) is 0.479. The van der Waals surface area contributed by atoms with Gasteiger partial charge >= 0.3 is 0 Å². The van der Waals surface area contributed by atoms with Crippen LogP contribution in [0.3, 0.4) is 0 Å². The zero-order valence-electron chi connectivity index (χ0n) is 18.5. The Morgan fingerprint density at radius 3 is 2.72 bits per heavy atom. The Morgan fingerprint density at radius 2 is 2.03 bits per heavy atom. The van der Waals surface area contributed by atoms with Gasteiger partial charge in [0, 0.05) is 12.2 Å². The SMILES string of the molecule is Cc1ncc(Cl)cc1N[C@@H](C)c1ncc(N(C=O)[C@@H](CC2CCCC2)C(=O)NC2CC2)s1. The summed E-state index contributed by atoms with van der Waals surface area (Å²) >= 11 is 7.52. The molecular formula is C23H30ClN5O2S.